The fraction of sp³-hybridized carbons (Fsp3) is 0.520. The number of rotatable bonds is 9. The first-order valence-corrected chi connectivity index (χ1v) is 12.2. The summed E-state index contributed by atoms with van der Waals surface area (Å²) in [7, 11) is 1.44. The number of amides is 2. The molecule has 1 saturated heterocycles. The molecule has 37 heavy (non-hydrogen) atoms. The van der Waals surface area contributed by atoms with E-state index in [9.17, 15) is 27.9 Å². The number of nitrogens with one attached hydrogen (secondary N) is 4. The number of alkyl halides is 3. The number of morpholine rings is 1. The number of aliphatic hydroxyl groups is 1. The third-order valence-corrected chi connectivity index (χ3v) is 6.94. The van der Waals surface area contributed by atoms with Gasteiger partial charge in [-0.3, -0.25) is 14.9 Å². The minimum atomic E-state index is -4.82. The van der Waals surface area contributed by atoms with Crippen molar-refractivity contribution in [2.45, 2.75) is 48.9 Å². The Morgan fingerprint density at radius 1 is 1.27 bits per heavy atom. The number of nitrogens with zero attached hydrogens (tertiary/aromatic N) is 1. The number of benzene rings is 1. The van der Waals surface area contributed by atoms with E-state index in [0.29, 0.717) is 25.3 Å². The van der Waals surface area contributed by atoms with Crippen LogP contribution in [0.15, 0.2) is 54.3 Å². The lowest BCUT2D eigenvalue weighted by molar-refractivity contribution is -0.215. The molecular formula is C25H32F3N5O4. The highest BCUT2D eigenvalue weighted by Gasteiger charge is 2.54. The number of ether oxygens (including phenoxy) is 1. The molecule has 12 heteroatoms. The van der Waals surface area contributed by atoms with E-state index in [1.165, 1.54) is 25.4 Å². The Hall–Kier alpha value is -2.93. The first kappa shape index (κ1) is 27.1. The number of carbonyl (C=O) groups excluding carboxylic acids is 2. The Morgan fingerprint density at radius 3 is 2.59 bits per heavy atom. The van der Waals surface area contributed by atoms with Gasteiger partial charge in [0, 0.05) is 19.3 Å². The molecule has 4 atom stereocenters. The van der Waals surface area contributed by atoms with Crippen LogP contribution in [0.1, 0.15) is 18.4 Å². The van der Waals surface area contributed by atoms with E-state index >= 15 is 0 Å². The van der Waals surface area contributed by atoms with Crippen LogP contribution in [0.4, 0.5) is 13.2 Å². The molecule has 202 valence electrons. The van der Waals surface area contributed by atoms with Crippen molar-refractivity contribution in [1.82, 2.24) is 26.2 Å². The maximum absolute atomic E-state index is 13.5. The van der Waals surface area contributed by atoms with Gasteiger partial charge >= 0.3 is 6.18 Å². The molecule has 0 spiro atoms. The summed E-state index contributed by atoms with van der Waals surface area (Å²) in [5.41, 5.74) is 0.876. The monoisotopic (exact) mass is 523 g/mol. The molecule has 9 nitrogen and oxygen atoms in total. The van der Waals surface area contributed by atoms with E-state index in [1.54, 1.807) is 4.90 Å². The van der Waals surface area contributed by atoms with Gasteiger partial charge in [0.15, 0.2) is 0 Å². The van der Waals surface area contributed by atoms with Gasteiger partial charge < -0.3 is 30.7 Å². The van der Waals surface area contributed by atoms with E-state index in [4.69, 9.17) is 4.74 Å². The molecule has 3 aliphatic rings. The fourth-order valence-electron chi connectivity index (χ4n) is 4.64. The predicted molar refractivity (Wildman–Crippen MR) is 129 cm³/mol. The van der Waals surface area contributed by atoms with E-state index < -0.39 is 30.0 Å². The Bertz CT molecular complexity index is 1030. The van der Waals surface area contributed by atoms with Crippen LogP contribution in [0, 0.1) is 0 Å². The third kappa shape index (κ3) is 6.15. The van der Waals surface area contributed by atoms with E-state index in [2.05, 4.69) is 16.0 Å². The molecule has 3 unspecified atom stereocenters. The molecule has 2 aliphatic heterocycles. The quantitative estimate of drug-likeness (QED) is 0.300. The molecule has 1 aromatic rings. The molecule has 2 amide bonds. The summed E-state index contributed by atoms with van der Waals surface area (Å²) in [5.74, 6) is -0.297. The molecule has 0 bridgehead atoms. The average Bonchev–Trinajstić information content (AvgIpc) is 3.72. The zero-order valence-electron chi connectivity index (χ0n) is 20.4. The highest BCUT2D eigenvalue weighted by atomic mass is 19.4. The summed E-state index contributed by atoms with van der Waals surface area (Å²) in [6.45, 7) is 1.40. The van der Waals surface area contributed by atoms with Crippen molar-refractivity contribution in [2.24, 2.45) is 0 Å². The van der Waals surface area contributed by atoms with Gasteiger partial charge in [0.2, 0.25) is 18.0 Å². The lowest BCUT2D eigenvalue weighted by atomic mass is 9.93. The van der Waals surface area contributed by atoms with Gasteiger partial charge in [-0.2, -0.15) is 13.2 Å². The molecule has 0 radical (unpaired) electrons. The molecule has 2 heterocycles. The Morgan fingerprint density at radius 2 is 2.00 bits per heavy atom. The maximum atomic E-state index is 13.5. The van der Waals surface area contributed by atoms with Crippen molar-refractivity contribution in [3.63, 3.8) is 0 Å². The number of likely N-dealkylation sites (N-methyl/N-ethyl adjacent to an activating group) is 1. The van der Waals surface area contributed by atoms with Crippen LogP contribution in [0.3, 0.4) is 0 Å². The minimum Gasteiger partial charge on any atom is -0.377 e. The van der Waals surface area contributed by atoms with Gasteiger partial charge in [-0.15, -0.1) is 0 Å². The Balaban J connectivity index is 1.32. The molecule has 0 aromatic heterocycles. The summed E-state index contributed by atoms with van der Waals surface area (Å²) < 4.78 is 43.6. The number of carbonyl (C=O) groups is 2. The second-order valence-corrected chi connectivity index (χ2v) is 9.40. The van der Waals surface area contributed by atoms with Crippen molar-refractivity contribution in [3.8, 4) is 0 Å². The topological polar surface area (TPSA) is 115 Å². The SMILES string of the molecule is CNC(NC(O)C(F)(F)F)C1=CNC(C(=O)NC[C@@H]2COCCN2C(=O)C2(c3ccccc3)CC2)C=C1. The average molecular weight is 524 g/mol. The smallest absolute Gasteiger partial charge is 0.377 e. The lowest BCUT2D eigenvalue weighted by Gasteiger charge is -2.38. The molecule has 1 saturated carbocycles. The van der Waals surface area contributed by atoms with Crippen LogP contribution in [-0.4, -0.2) is 85.8 Å². The van der Waals surface area contributed by atoms with Crippen LogP contribution in [0.25, 0.3) is 0 Å². The molecule has 1 aromatic carbocycles. The molecular weight excluding hydrogens is 491 g/mol. The number of dihydropyridines is 1. The highest BCUT2D eigenvalue weighted by molar-refractivity contribution is 5.91. The van der Waals surface area contributed by atoms with Crippen molar-refractivity contribution in [1.29, 1.82) is 0 Å². The number of hydrogen-bond donors (Lipinski definition) is 5. The van der Waals surface area contributed by atoms with Gasteiger partial charge in [0.25, 0.3) is 0 Å². The van der Waals surface area contributed by atoms with Crippen molar-refractivity contribution in [3.05, 3.63) is 59.8 Å². The summed E-state index contributed by atoms with van der Waals surface area (Å²) in [5, 5.41) is 19.7. The predicted octanol–water partition coefficient (Wildman–Crippen LogP) is 0.490. The van der Waals surface area contributed by atoms with Crippen molar-refractivity contribution >= 4 is 11.8 Å². The third-order valence-electron chi connectivity index (χ3n) is 6.94. The van der Waals surface area contributed by atoms with Crippen LogP contribution in [0.2, 0.25) is 0 Å². The van der Waals surface area contributed by atoms with E-state index in [1.807, 2.05) is 35.6 Å². The van der Waals surface area contributed by atoms with E-state index in [-0.39, 0.29) is 24.4 Å². The zero-order valence-corrected chi connectivity index (χ0v) is 20.4. The van der Waals surface area contributed by atoms with Crippen LogP contribution in [-0.2, 0) is 19.7 Å². The summed E-state index contributed by atoms with van der Waals surface area (Å²) >= 11 is 0. The first-order chi connectivity index (χ1) is 17.7. The summed E-state index contributed by atoms with van der Waals surface area (Å²) in [6.07, 6.45) is -2.50. The van der Waals surface area contributed by atoms with Crippen LogP contribution in [0.5, 0.6) is 0 Å². The van der Waals surface area contributed by atoms with Crippen molar-refractivity contribution in [2.75, 3.05) is 33.4 Å². The maximum Gasteiger partial charge on any atom is 0.428 e. The Kier molecular flexibility index (Phi) is 8.22. The minimum absolute atomic E-state index is 0.0520. The first-order valence-electron chi connectivity index (χ1n) is 12.2. The second kappa shape index (κ2) is 11.2. The lowest BCUT2D eigenvalue weighted by Crippen LogP contribution is -2.57. The molecule has 2 fully saturated rings. The largest absolute Gasteiger partial charge is 0.428 e. The van der Waals surface area contributed by atoms with Gasteiger partial charge in [0.1, 0.15) is 6.04 Å². The van der Waals surface area contributed by atoms with Crippen LogP contribution >= 0.6 is 0 Å². The Labute approximate surface area is 213 Å². The van der Waals surface area contributed by atoms with Gasteiger partial charge in [-0.25, -0.2) is 0 Å². The molecule has 4 rings (SSSR count). The van der Waals surface area contributed by atoms with Gasteiger partial charge in [-0.05, 0) is 31.0 Å². The molecule has 1 aliphatic carbocycles. The number of aliphatic hydroxyl groups excluding tert-OH is 1. The zero-order chi connectivity index (χ0) is 26.6. The van der Waals surface area contributed by atoms with Gasteiger partial charge in [0.05, 0.1) is 30.8 Å². The summed E-state index contributed by atoms with van der Waals surface area (Å²) in [6, 6.07) is 8.67. The number of hydrogen-bond acceptors (Lipinski definition) is 7. The normalized spacial score (nSPS) is 24.5. The standard InChI is InChI=1S/C25H32F3N5O4/c1-29-20(32-22(35)25(26,27)28)16-7-8-19(30-13-16)21(34)31-14-18-15-37-12-11-33(18)23(36)24(9-10-24)17-5-3-2-4-6-17/h2-8,13,18-20,22,29-30,32,35H,9-12,14-15H2,1H3,(H,31,34)/t18-,19?,20?,22?/m1/s1. The fourth-order valence-corrected chi connectivity index (χ4v) is 4.64. The summed E-state index contributed by atoms with van der Waals surface area (Å²) in [4.78, 5) is 28.1. The molecule has 5 N–H and O–H groups in total. The van der Waals surface area contributed by atoms with Gasteiger partial charge in [-0.1, -0.05) is 42.5 Å². The van der Waals surface area contributed by atoms with Crippen LogP contribution < -0.4 is 21.3 Å². The van der Waals surface area contributed by atoms with Crippen molar-refractivity contribution < 1.29 is 32.6 Å². The highest BCUT2D eigenvalue weighted by Crippen LogP contribution is 2.49. The number of halogens is 3. The van der Waals surface area contributed by atoms with E-state index in [0.717, 1.165) is 18.4 Å². The second-order valence-electron chi connectivity index (χ2n) is 9.40.